The Bertz CT molecular complexity index is 995. The van der Waals surface area contributed by atoms with Crippen LogP contribution >= 0.6 is 11.6 Å². The van der Waals surface area contributed by atoms with Gasteiger partial charge in [0.25, 0.3) is 11.6 Å². The molecule has 9 nitrogen and oxygen atoms in total. The van der Waals surface area contributed by atoms with Crippen LogP contribution in [0.2, 0.25) is 5.02 Å². The van der Waals surface area contributed by atoms with E-state index in [0.717, 1.165) is 11.6 Å². The summed E-state index contributed by atoms with van der Waals surface area (Å²) in [6, 6.07) is 8.24. The van der Waals surface area contributed by atoms with Crippen molar-refractivity contribution in [2.45, 2.75) is 26.4 Å². The van der Waals surface area contributed by atoms with Crippen molar-refractivity contribution in [2.75, 3.05) is 6.79 Å². The minimum absolute atomic E-state index is 0.0420. The highest BCUT2D eigenvalue weighted by molar-refractivity contribution is 6.32. The van der Waals surface area contributed by atoms with Crippen LogP contribution in [0, 0.1) is 16.0 Å². The van der Waals surface area contributed by atoms with Gasteiger partial charge in [-0.3, -0.25) is 19.7 Å². The van der Waals surface area contributed by atoms with Gasteiger partial charge < -0.3 is 20.1 Å². The number of carbonyl (C=O) groups is 2. The van der Waals surface area contributed by atoms with Crippen LogP contribution in [0.5, 0.6) is 11.5 Å². The molecule has 2 aromatic carbocycles. The molecule has 0 saturated carbocycles. The number of hydrogen-bond acceptors (Lipinski definition) is 6. The monoisotopic (exact) mass is 433 g/mol. The van der Waals surface area contributed by atoms with E-state index in [1.807, 2.05) is 6.07 Å². The van der Waals surface area contributed by atoms with Gasteiger partial charge in [-0.1, -0.05) is 31.5 Å². The second-order valence-electron chi connectivity index (χ2n) is 7.02. The summed E-state index contributed by atoms with van der Waals surface area (Å²) in [5.74, 6) is 0.0633. The number of rotatable bonds is 7. The minimum Gasteiger partial charge on any atom is -0.454 e. The first-order chi connectivity index (χ1) is 14.3. The van der Waals surface area contributed by atoms with Crippen LogP contribution in [0.1, 0.15) is 29.8 Å². The topological polar surface area (TPSA) is 120 Å². The van der Waals surface area contributed by atoms with E-state index in [1.165, 1.54) is 12.1 Å². The molecular formula is C20H20ClN3O6. The average molecular weight is 434 g/mol. The molecule has 0 bridgehead atoms. The Morgan fingerprint density at radius 3 is 2.60 bits per heavy atom. The van der Waals surface area contributed by atoms with Crippen LogP contribution in [0.15, 0.2) is 36.4 Å². The van der Waals surface area contributed by atoms with Crippen molar-refractivity contribution in [2.24, 2.45) is 5.92 Å². The molecule has 0 spiro atoms. The van der Waals surface area contributed by atoms with Crippen molar-refractivity contribution in [3.05, 3.63) is 62.7 Å². The number of benzene rings is 2. The third kappa shape index (κ3) is 4.80. The molecule has 2 aromatic rings. The molecule has 2 N–H and O–H groups in total. The van der Waals surface area contributed by atoms with Gasteiger partial charge in [-0.2, -0.15) is 0 Å². The molecule has 10 heteroatoms. The predicted octanol–water partition coefficient (Wildman–Crippen LogP) is 3.05. The van der Waals surface area contributed by atoms with E-state index >= 15 is 0 Å². The molecule has 0 aliphatic carbocycles. The maximum atomic E-state index is 12.7. The molecule has 1 atom stereocenters. The maximum absolute atomic E-state index is 12.7. The number of amides is 2. The van der Waals surface area contributed by atoms with Crippen molar-refractivity contribution in [3.8, 4) is 11.5 Å². The number of fused-ring (bicyclic) bond motifs is 1. The molecule has 158 valence electrons. The smallest absolute Gasteiger partial charge is 0.288 e. The van der Waals surface area contributed by atoms with Gasteiger partial charge in [-0.05, 0) is 35.7 Å². The number of ether oxygens (including phenoxy) is 2. The molecule has 0 aromatic heterocycles. The van der Waals surface area contributed by atoms with E-state index in [9.17, 15) is 19.7 Å². The summed E-state index contributed by atoms with van der Waals surface area (Å²) in [5.41, 5.74) is 0.479. The maximum Gasteiger partial charge on any atom is 0.288 e. The third-order valence-electron chi connectivity index (χ3n) is 4.54. The summed E-state index contributed by atoms with van der Waals surface area (Å²) in [7, 11) is 0. The summed E-state index contributed by atoms with van der Waals surface area (Å²) < 4.78 is 10.6. The fourth-order valence-corrected chi connectivity index (χ4v) is 3.09. The van der Waals surface area contributed by atoms with Gasteiger partial charge in [0.15, 0.2) is 11.5 Å². The molecule has 3 rings (SSSR count). The highest BCUT2D eigenvalue weighted by atomic mass is 35.5. The molecule has 30 heavy (non-hydrogen) atoms. The number of nitrogens with zero attached hydrogens (tertiary/aromatic N) is 1. The number of nitrogens with one attached hydrogen (secondary N) is 2. The standard InChI is InChI=1S/C20H20ClN3O6/c1-11(2)18(23-19(25)13-4-5-14(21)15(8-13)24(27)28)20(26)22-9-12-3-6-16-17(7-12)30-10-29-16/h3-8,11,18H,9-10H2,1-2H3,(H,22,26)(H,23,25)/t18-/m0/s1. The van der Waals surface area contributed by atoms with E-state index in [4.69, 9.17) is 21.1 Å². The molecule has 0 fully saturated rings. The number of carbonyl (C=O) groups excluding carboxylic acids is 2. The normalized spacial score (nSPS) is 13.1. The van der Waals surface area contributed by atoms with Crippen molar-refractivity contribution >= 4 is 29.1 Å². The molecular weight excluding hydrogens is 414 g/mol. The number of halogens is 1. The van der Waals surface area contributed by atoms with E-state index < -0.39 is 16.9 Å². The lowest BCUT2D eigenvalue weighted by molar-refractivity contribution is -0.384. The Kier molecular flexibility index (Phi) is 6.41. The second-order valence-corrected chi connectivity index (χ2v) is 7.43. The highest BCUT2D eigenvalue weighted by Crippen LogP contribution is 2.32. The van der Waals surface area contributed by atoms with Crippen LogP contribution < -0.4 is 20.1 Å². The highest BCUT2D eigenvalue weighted by Gasteiger charge is 2.26. The number of hydrogen-bond donors (Lipinski definition) is 2. The van der Waals surface area contributed by atoms with Crippen LogP contribution in [-0.2, 0) is 11.3 Å². The first-order valence-electron chi connectivity index (χ1n) is 9.17. The summed E-state index contributed by atoms with van der Waals surface area (Å²) in [5, 5.41) is 16.4. The lowest BCUT2D eigenvalue weighted by Gasteiger charge is -2.22. The zero-order valence-electron chi connectivity index (χ0n) is 16.3. The average Bonchev–Trinajstić information content (AvgIpc) is 3.17. The predicted molar refractivity (Wildman–Crippen MR) is 109 cm³/mol. The summed E-state index contributed by atoms with van der Waals surface area (Å²) in [4.78, 5) is 35.6. The zero-order valence-corrected chi connectivity index (χ0v) is 17.1. The fraction of sp³-hybridized carbons (Fsp3) is 0.300. The Balaban J connectivity index is 1.66. The van der Waals surface area contributed by atoms with Crippen LogP contribution in [-0.4, -0.2) is 29.6 Å². The Morgan fingerprint density at radius 1 is 1.17 bits per heavy atom. The first-order valence-corrected chi connectivity index (χ1v) is 9.55. The van der Waals surface area contributed by atoms with Gasteiger partial charge in [0.1, 0.15) is 11.1 Å². The van der Waals surface area contributed by atoms with Gasteiger partial charge in [0.2, 0.25) is 12.7 Å². The van der Waals surface area contributed by atoms with Crippen molar-refractivity contribution in [1.29, 1.82) is 0 Å². The second kappa shape index (κ2) is 9.00. The summed E-state index contributed by atoms with van der Waals surface area (Å²) >= 11 is 5.78. The van der Waals surface area contributed by atoms with Gasteiger partial charge in [-0.25, -0.2) is 0 Å². The van der Waals surface area contributed by atoms with E-state index in [1.54, 1.807) is 26.0 Å². The minimum atomic E-state index is -0.832. The molecule has 1 aliphatic heterocycles. The lowest BCUT2D eigenvalue weighted by Crippen LogP contribution is -2.49. The quantitative estimate of drug-likeness (QED) is 0.511. The van der Waals surface area contributed by atoms with Gasteiger partial charge >= 0.3 is 0 Å². The summed E-state index contributed by atoms with van der Waals surface area (Å²) in [6.07, 6.45) is 0. The molecule has 2 amide bonds. The van der Waals surface area contributed by atoms with Crippen LogP contribution in [0.4, 0.5) is 5.69 Å². The van der Waals surface area contributed by atoms with Gasteiger partial charge in [0.05, 0.1) is 4.92 Å². The van der Waals surface area contributed by atoms with Crippen molar-refractivity contribution in [1.82, 2.24) is 10.6 Å². The van der Waals surface area contributed by atoms with Crippen LogP contribution in [0.25, 0.3) is 0 Å². The van der Waals surface area contributed by atoms with Crippen LogP contribution in [0.3, 0.4) is 0 Å². The van der Waals surface area contributed by atoms with Crippen molar-refractivity contribution < 1.29 is 24.0 Å². The summed E-state index contributed by atoms with van der Waals surface area (Å²) in [6.45, 7) is 3.97. The molecule has 0 radical (unpaired) electrons. The zero-order chi connectivity index (χ0) is 21.8. The molecule has 1 heterocycles. The van der Waals surface area contributed by atoms with Gasteiger partial charge in [0, 0.05) is 18.2 Å². The largest absolute Gasteiger partial charge is 0.454 e. The number of nitro benzene ring substituents is 1. The third-order valence-corrected chi connectivity index (χ3v) is 4.86. The lowest BCUT2D eigenvalue weighted by atomic mass is 10.0. The molecule has 0 saturated heterocycles. The Morgan fingerprint density at radius 2 is 1.90 bits per heavy atom. The first kappa shape index (κ1) is 21.4. The molecule has 0 unspecified atom stereocenters. The SMILES string of the molecule is CC(C)[C@H](NC(=O)c1ccc(Cl)c([N+](=O)[O-])c1)C(=O)NCc1ccc2c(c1)OCO2. The number of nitro groups is 1. The molecule has 1 aliphatic rings. The fourth-order valence-electron chi connectivity index (χ4n) is 2.90. The van der Waals surface area contributed by atoms with E-state index in [-0.39, 0.29) is 41.4 Å². The van der Waals surface area contributed by atoms with Crippen molar-refractivity contribution in [3.63, 3.8) is 0 Å². The Hall–Kier alpha value is -3.33. The van der Waals surface area contributed by atoms with E-state index in [0.29, 0.717) is 11.5 Å². The van der Waals surface area contributed by atoms with Gasteiger partial charge in [-0.15, -0.1) is 0 Å². The Labute approximate surface area is 177 Å². The van der Waals surface area contributed by atoms with E-state index in [2.05, 4.69) is 10.6 Å².